The molecule has 1 atom stereocenters. The summed E-state index contributed by atoms with van der Waals surface area (Å²) in [7, 11) is 0. The van der Waals surface area contributed by atoms with E-state index in [2.05, 4.69) is 9.80 Å². The van der Waals surface area contributed by atoms with Gasteiger partial charge in [-0.05, 0) is 64.3 Å². The van der Waals surface area contributed by atoms with E-state index in [1.165, 1.54) is 0 Å². The maximum atomic E-state index is 14.5. The third-order valence-corrected chi connectivity index (χ3v) is 8.25. The fourth-order valence-corrected chi connectivity index (χ4v) is 6.17. The number of carbonyl (C=O) groups excluding carboxylic acids is 3. The molecule has 5 rings (SSSR count). The van der Waals surface area contributed by atoms with Crippen LogP contribution in [0.1, 0.15) is 68.4 Å². The number of esters is 1. The average molecular weight is 568 g/mol. The molecule has 2 aliphatic heterocycles. The molecular weight excluding hydrogens is 526 g/mol. The summed E-state index contributed by atoms with van der Waals surface area (Å²) in [5, 5.41) is 0. The van der Waals surface area contributed by atoms with Gasteiger partial charge in [0, 0.05) is 30.8 Å². The first-order valence-corrected chi connectivity index (χ1v) is 14.9. The van der Waals surface area contributed by atoms with Gasteiger partial charge in [-0.15, -0.1) is 0 Å². The number of carbonyl (C=O) groups is 3. The highest BCUT2D eigenvalue weighted by atomic mass is 16.6. The van der Waals surface area contributed by atoms with Crippen molar-refractivity contribution >= 4 is 23.3 Å². The molecule has 0 aliphatic carbocycles. The highest BCUT2D eigenvalue weighted by Gasteiger charge is 2.56. The molecule has 0 bridgehead atoms. The van der Waals surface area contributed by atoms with Crippen LogP contribution in [0.25, 0.3) is 0 Å². The van der Waals surface area contributed by atoms with Gasteiger partial charge >= 0.3 is 5.97 Å². The average Bonchev–Trinajstić information content (AvgIpc) is 3.25. The first kappa shape index (κ1) is 29.5. The Labute approximate surface area is 249 Å². The van der Waals surface area contributed by atoms with Crippen LogP contribution in [0.15, 0.2) is 91.0 Å². The molecule has 3 aromatic carbocycles. The predicted octanol–water partition coefficient (Wildman–Crippen LogP) is 5.87. The number of hydrogen-bond donors (Lipinski definition) is 0. The molecule has 0 N–H and O–H groups in total. The van der Waals surface area contributed by atoms with Gasteiger partial charge in [0.25, 0.3) is 5.91 Å². The molecule has 2 heterocycles. The Morgan fingerprint density at radius 2 is 1.43 bits per heavy atom. The van der Waals surface area contributed by atoms with Gasteiger partial charge in [0.2, 0.25) is 0 Å². The number of Topliss-reactive ketones (excluding diaryl/α,β-unsaturated/α-hetero) is 1. The van der Waals surface area contributed by atoms with Crippen LogP contribution in [0.2, 0.25) is 0 Å². The lowest BCUT2D eigenvalue weighted by atomic mass is 9.85. The number of amides is 1. The van der Waals surface area contributed by atoms with E-state index in [9.17, 15) is 14.4 Å². The molecule has 7 nitrogen and oxygen atoms in total. The second kappa shape index (κ2) is 12.5. The first-order chi connectivity index (χ1) is 20.2. The number of nitrogens with zero attached hydrogens (tertiary/aromatic N) is 3. The fraction of sp³-hybridized carbons (Fsp3) is 0.400. The van der Waals surface area contributed by atoms with Crippen LogP contribution in [0.4, 0.5) is 5.69 Å². The minimum atomic E-state index is -0.842. The molecule has 0 aromatic heterocycles. The van der Waals surface area contributed by atoms with Crippen LogP contribution in [0.3, 0.4) is 0 Å². The molecule has 1 spiro atoms. The van der Waals surface area contributed by atoms with Gasteiger partial charge in [0.05, 0.1) is 6.67 Å². The first-order valence-electron chi connectivity index (χ1n) is 14.9. The second-order valence-electron chi connectivity index (χ2n) is 12.3. The van der Waals surface area contributed by atoms with Gasteiger partial charge in [-0.2, -0.15) is 0 Å². The molecule has 2 saturated heterocycles. The topological polar surface area (TPSA) is 70.2 Å². The predicted molar refractivity (Wildman–Crippen MR) is 164 cm³/mol. The van der Waals surface area contributed by atoms with Crippen molar-refractivity contribution in [1.29, 1.82) is 0 Å². The largest absolute Gasteiger partial charge is 0.458 e. The number of piperidine rings is 1. The lowest BCUT2D eigenvalue weighted by Crippen LogP contribution is -2.56. The van der Waals surface area contributed by atoms with Gasteiger partial charge in [0.1, 0.15) is 11.1 Å². The molecule has 1 amide bonds. The Balaban J connectivity index is 1.35. The van der Waals surface area contributed by atoms with E-state index in [1.807, 2.05) is 112 Å². The molecular formula is C35H41N3O4. The molecule has 0 radical (unpaired) electrons. The molecule has 3 aromatic rings. The molecule has 220 valence electrons. The van der Waals surface area contributed by atoms with Crippen molar-refractivity contribution in [3.63, 3.8) is 0 Å². The van der Waals surface area contributed by atoms with Gasteiger partial charge in [0.15, 0.2) is 11.8 Å². The number of likely N-dealkylation sites (tertiary alicyclic amines) is 1. The number of hydrogen-bond acceptors (Lipinski definition) is 6. The zero-order valence-corrected chi connectivity index (χ0v) is 24.9. The van der Waals surface area contributed by atoms with Gasteiger partial charge in [-0.25, -0.2) is 4.79 Å². The smallest absolute Gasteiger partial charge is 0.334 e. The molecule has 1 unspecified atom stereocenters. The standard InChI is InChI=1S/C35H41N3O4/c1-34(2,3)42-32(40)31(28-16-9-5-10-17-28)37-26-38(29-18-11-6-12-19-29)35(33(37)41)21-24-36(25-22-35)23-13-20-30(39)27-14-7-4-8-15-27/h4-12,14-19,31H,13,20-26H2,1-3H3. The summed E-state index contributed by atoms with van der Waals surface area (Å²) in [4.78, 5) is 47.0. The summed E-state index contributed by atoms with van der Waals surface area (Å²) in [5.74, 6) is -0.298. The van der Waals surface area contributed by atoms with E-state index in [0.29, 0.717) is 25.9 Å². The molecule has 2 fully saturated rings. The number of para-hydroxylation sites is 1. The number of rotatable bonds is 9. The Kier molecular flexibility index (Phi) is 8.78. The summed E-state index contributed by atoms with van der Waals surface area (Å²) in [6.45, 7) is 8.13. The normalized spacial score (nSPS) is 17.8. The van der Waals surface area contributed by atoms with Crippen molar-refractivity contribution in [3.05, 3.63) is 102 Å². The zero-order valence-electron chi connectivity index (χ0n) is 24.9. The van der Waals surface area contributed by atoms with Gasteiger partial charge < -0.3 is 19.4 Å². The minimum absolute atomic E-state index is 0.0371. The Morgan fingerprint density at radius 3 is 2.02 bits per heavy atom. The maximum Gasteiger partial charge on any atom is 0.334 e. The van der Waals surface area contributed by atoms with E-state index in [-0.39, 0.29) is 11.7 Å². The lowest BCUT2D eigenvalue weighted by Gasteiger charge is -2.43. The quantitative estimate of drug-likeness (QED) is 0.238. The third kappa shape index (κ3) is 6.41. The van der Waals surface area contributed by atoms with E-state index in [1.54, 1.807) is 4.90 Å². The highest BCUT2D eigenvalue weighted by molar-refractivity contribution is 5.97. The van der Waals surface area contributed by atoms with Crippen LogP contribution in [-0.2, 0) is 14.3 Å². The third-order valence-electron chi connectivity index (χ3n) is 8.25. The summed E-state index contributed by atoms with van der Waals surface area (Å²) in [6.07, 6.45) is 2.56. The van der Waals surface area contributed by atoms with Gasteiger partial charge in [-0.1, -0.05) is 78.9 Å². The van der Waals surface area contributed by atoms with Crippen molar-refractivity contribution in [3.8, 4) is 0 Å². The monoisotopic (exact) mass is 567 g/mol. The summed E-state index contributed by atoms with van der Waals surface area (Å²) in [6, 6.07) is 28.0. The van der Waals surface area contributed by atoms with Crippen LogP contribution in [0, 0.1) is 0 Å². The minimum Gasteiger partial charge on any atom is -0.458 e. The van der Waals surface area contributed by atoms with Crippen molar-refractivity contribution in [2.45, 2.75) is 63.6 Å². The van der Waals surface area contributed by atoms with Gasteiger partial charge in [-0.3, -0.25) is 9.59 Å². The number of anilines is 1. The van der Waals surface area contributed by atoms with Crippen LogP contribution >= 0.6 is 0 Å². The summed E-state index contributed by atoms with van der Waals surface area (Å²) >= 11 is 0. The van der Waals surface area contributed by atoms with E-state index in [4.69, 9.17) is 4.74 Å². The summed E-state index contributed by atoms with van der Waals surface area (Å²) < 4.78 is 5.86. The van der Waals surface area contributed by atoms with E-state index >= 15 is 0 Å². The second-order valence-corrected chi connectivity index (χ2v) is 12.3. The molecule has 42 heavy (non-hydrogen) atoms. The van der Waals surface area contributed by atoms with Crippen LogP contribution in [-0.4, -0.2) is 64.9 Å². The molecule has 0 saturated carbocycles. The number of benzene rings is 3. The summed E-state index contributed by atoms with van der Waals surface area (Å²) in [5.41, 5.74) is 1.02. The number of ether oxygens (including phenoxy) is 1. The molecule has 2 aliphatic rings. The maximum absolute atomic E-state index is 14.5. The Hall–Kier alpha value is -3.97. The SMILES string of the molecule is CC(C)(C)OC(=O)C(c1ccccc1)N1CN(c2ccccc2)C2(CCN(CCCC(=O)c3ccccc3)CC2)C1=O. The Bertz CT molecular complexity index is 1360. The highest BCUT2D eigenvalue weighted by Crippen LogP contribution is 2.43. The van der Waals surface area contributed by atoms with E-state index < -0.39 is 23.2 Å². The zero-order chi connectivity index (χ0) is 29.7. The van der Waals surface area contributed by atoms with Crippen LogP contribution < -0.4 is 4.90 Å². The number of ketones is 1. The Morgan fingerprint density at radius 1 is 0.857 bits per heavy atom. The van der Waals surface area contributed by atoms with E-state index in [0.717, 1.165) is 42.9 Å². The van der Waals surface area contributed by atoms with Crippen LogP contribution in [0.5, 0.6) is 0 Å². The van der Waals surface area contributed by atoms with Crippen molar-refractivity contribution in [1.82, 2.24) is 9.80 Å². The lowest BCUT2D eigenvalue weighted by molar-refractivity contribution is -0.164. The fourth-order valence-electron chi connectivity index (χ4n) is 6.17. The van der Waals surface area contributed by atoms with Crippen molar-refractivity contribution in [2.24, 2.45) is 0 Å². The van der Waals surface area contributed by atoms with Crippen molar-refractivity contribution in [2.75, 3.05) is 31.2 Å². The molecule has 7 heteroatoms. The van der Waals surface area contributed by atoms with Crippen molar-refractivity contribution < 1.29 is 19.1 Å².